The van der Waals surface area contributed by atoms with Gasteiger partial charge < -0.3 is 15.7 Å². The lowest BCUT2D eigenvalue weighted by molar-refractivity contribution is 0.133. The van der Waals surface area contributed by atoms with Crippen LogP contribution in [0.25, 0.3) is 0 Å². The highest BCUT2D eigenvalue weighted by molar-refractivity contribution is 6.28. The maximum absolute atomic E-state index is 9.93. The van der Waals surface area contributed by atoms with E-state index in [-0.39, 0.29) is 11.4 Å². The van der Waals surface area contributed by atoms with Gasteiger partial charge in [-0.05, 0) is 37.3 Å². The Morgan fingerprint density at radius 1 is 1.33 bits per heavy atom. The minimum absolute atomic E-state index is 0.181. The van der Waals surface area contributed by atoms with Crippen molar-refractivity contribution in [3.8, 4) is 0 Å². The highest BCUT2D eigenvalue weighted by atomic mass is 35.5. The fourth-order valence-corrected chi connectivity index (χ4v) is 3.39. The second-order valence-electron chi connectivity index (χ2n) is 5.29. The van der Waals surface area contributed by atoms with Gasteiger partial charge in [0.1, 0.15) is 0 Å². The van der Waals surface area contributed by atoms with Crippen molar-refractivity contribution in [1.29, 1.82) is 0 Å². The molecule has 2 heterocycles. The van der Waals surface area contributed by atoms with Crippen molar-refractivity contribution in [1.82, 2.24) is 9.97 Å². The SMILES string of the molecule is Cc1nc(Cl)nc(N2CC3CCC(O)C3C2)c1N. The number of rotatable bonds is 1. The molecule has 2 aliphatic rings. The van der Waals surface area contributed by atoms with E-state index < -0.39 is 0 Å². The Hall–Kier alpha value is -1.07. The van der Waals surface area contributed by atoms with Gasteiger partial charge in [0, 0.05) is 19.0 Å². The molecule has 0 aromatic carbocycles. The zero-order chi connectivity index (χ0) is 12.9. The lowest BCUT2D eigenvalue weighted by Crippen LogP contribution is -2.26. The van der Waals surface area contributed by atoms with Crippen LogP contribution in [0.5, 0.6) is 0 Å². The zero-order valence-electron chi connectivity index (χ0n) is 10.3. The first kappa shape index (κ1) is 12.0. The molecule has 3 N–H and O–H groups in total. The van der Waals surface area contributed by atoms with E-state index in [0.717, 1.165) is 25.9 Å². The van der Waals surface area contributed by atoms with Crippen molar-refractivity contribution in [2.45, 2.75) is 25.9 Å². The number of anilines is 2. The van der Waals surface area contributed by atoms with Crippen LogP contribution >= 0.6 is 11.6 Å². The van der Waals surface area contributed by atoms with Crippen LogP contribution in [-0.4, -0.2) is 34.3 Å². The minimum atomic E-state index is -0.181. The summed E-state index contributed by atoms with van der Waals surface area (Å²) < 4.78 is 0. The van der Waals surface area contributed by atoms with Gasteiger partial charge in [-0.15, -0.1) is 0 Å². The molecule has 2 fully saturated rings. The normalized spacial score (nSPS) is 30.8. The average Bonchev–Trinajstić information content (AvgIpc) is 2.86. The molecule has 1 saturated carbocycles. The Balaban J connectivity index is 1.89. The van der Waals surface area contributed by atoms with Gasteiger partial charge in [0.25, 0.3) is 0 Å². The molecule has 3 rings (SSSR count). The van der Waals surface area contributed by atoms with Crippen LogP contribution in [0.2, 0.25) is 5.28 Å². The summed E-state index contributed by atoms with van der Waals surface area (Å²) in [5.74, 6) is 1.61. The summed E-state index contributed by atoms with van der Waals surface area (Å²) >= 11 is 5.90. The predicted molar refractivity (Wildman–Crippen MR) is 70.6 cm³/mol. The molecule has 0 amide bonds. The molecular formula is C12H17ClN4O. The molecule has 1 aromatic rings. The minimum Gasteiger partial charge on any atom is -0.394 e. The quantitative estimate of drug-likeness (QED) is 0.750. The van der Waals surface area contributed by atoms with Crippen LogP contribution in [0.15, 0.2) is 0 Å². The number of halogens is 1. The molecule has 0 radical (unpaired) electrons. The van der Waals surface area contributed by atoms with Gasteiger partial charge >= 0.3 is 0 Å². The summed E-state index contributed by atoms with van der Waals surface area (Å²) in [4.78, 5) is 10.4. The number of hydrogen-bond donors (Lipinski definition) is 2. The molecule has 6 heteroatoms. The van der Waals surface area contributed by atoms with Gasteiger partial charge in [0.05, 0.1) is 17.5 Å². The highest BCUT2D eigenvalue weighted by Gasteiger charge is 2.42. The van der Waals surface area contributed by atoms with Gasteiger partial charge in [-0.2, -0.15) is 4.98 Å². The number of fused-ring (bicyclic) bond motifs is 1. The summed E-state index contributed by atoms with van der Waals surface area (Å²) in [7, 11) is 0. The Bertz CT molecular complexity index is 481. The number of aryl methyl sites for hydroxylation is 1. The van der Waals surface area contributed by atoms with E-state index >= 15 is 0 Å². The molecule has 18 heavy (non-hydrogen) atoms. The van der Waals surface area contributed by atoms with E-state index in [9.17, 15) is 5.11 Å². The predicted octanol–water partition coefficient (Wildman–Crippen LogP) is 1.23. The number of nitrogens with two attached hydrogens (primary N) is 1. The third kappa shape index (κ3) is 1.82. The number of aliphatic hydroxyl groups is 1. The van der Waals surface area contributed by atoms with Crippen LogP contribution in [0.4, 0.5) is 11.5 Å². The first-order valence-corrected chi connectivity index (χ1v) is 6.66. The molecule has 3 unspecified atom stereocenters. The Morgan fingerprint density at radius 2 is 2.11 bits per heavy atom. The van der Waals surface area contributed by atoms with Crippen molar-refractivity contribution < 1.29 is 5.11 Å². The second-order valence-corrected chi connectivity index (χ2v) is 5.63. The van der Waals surface area contributed by atoms with E-state index in [1.807, 2.05) is 6.92 Å². The summed E-state index contributed by atoms with van der Waals surface area (Å²) in [6.07, 6.45) is 1.82. The third-order valence-electron chi connectivity index (χ3n) is 4.21. The number of nitrogen functional groups attached to an aromatic ring is 1. The Labute approximate surface area is 111 Å². The van der Waals surface area contributed by atoms with Crippen molar-refractivity contribution in [2.75, 3.05) is 23.7 Å². The van der Waals surface area contributed by atoms with Gasteiger partial charge in [0.15, 0.2) is 5.82 Å². The zero-order valence-corrected chi connectivity index (χ0v) is 11.1. The van der Waals surface area contributed by atoms with E-state index in [2.05, 4.69) is 14.9 Å². The van der Waals surface area contributed by atoms with Gasteiger partial charge in [-0.3, -0.25) is 0 Å². The van der Waals surface area contributed by atoms with Crippen molar-refractivity contribution in [2.24, 2.45) is 11.8 Å². The van der Waals surface area contributed by atoms with Gasteiger partial charge in [-0.1, -0.05) is 0 Å². The molecule has 0 spiro atoms. The monoisotopic (exact) mass is 268 g/mol. The summed E-state index contributed by atoms with van der Waals surface area (Å²) in [6, 6.07) is 0. The van der Waals surface area contributed by atoms with Gasteiger partial charge in [-0.25, -0.2) is 4.98 Å². The van der Waals surface area contributed by atoms with E-state index in [1.165, 1.54) is 0 Å². The summed E-state index contributed by atoms with van der Waals surface area (Å²) in [5.41, 5.74) is 7.33. The fourth-order valence-electron chi connectivity index (χ4n) is 3.18. The largest absolute Gasteiger partial charge is 0.394 e. The molecule has 98 valence electrons. The molecule has 1 aromatic heterocycles. The van der Waals surface area contributed by atoms with Crippen LogP contribution in [0, 0.1) is 18.8 Å². The highest BCUT2D eigenvalue weighted by Crippen LogP contribution is 2.40. The molecule has 3 atom stereocenters. The smallest absolute Gasteiger partial charge is 0.224 e. The van der Waals surface area contributed by atoms with Crippen LogP contribution < -0.4 is 10.6 Å². The van der Waals surface area contributed by atoms with E-state index in [4.69, 9.17) is 17.3 Å². The third-order valence-corrected chi connectivity index (χ3v) is 4.38. The summed E-state index contributed by atoms with van der Waals surface area (Å²) in [5, 5.41) is 10.2. The van der Waals surface area contributed by atoms with Crippen molar-refractivity contribution >= 4 is 23.1 Å². The molecule has 1 aliphatic heterocycles. The first-order chi connectivity index (χ1) is 8.56. The lowest BCUT2D eigenvalue weighted by Gasteiger charge is -2.21. The van der Waals surface area contributed by atoms with Crippen LogP contribution in [0.3, 0.4) is 0 Å². The molecule has 1 saturated heterocycles. The maximum Gasteiger partial charge on any atom is 0.224 e. The average molecular weight is 269 g/mol. The van der Waals surface area contributed by atoms with E-state index in [0.29, 0.717) is 29.0 Å². The molecule has 0 bridgehead atoms. The molecule has 5 nitrogen and oxygen atoms in total. The van der Waals surface area contributed by atoms with Gasteiger partial charge in [0.2, 0.25) is 5.28 Å². The maximum atomic E-state index is 9.93. The molecular weight excluding hydrogens is 252 g/mol. The number of hydrogen-bond acceptors (Lipinski definition) is 5. The first-order valence-electron chi connectivity index (χ1n) is 6.29. The van der Waals surface area contributed by atoms with Crippen molar-refractivity contribution in [3.05, 3.63) is 11.0 Å². The van der Waals surface area contributed by atoms with E-state index in [1.54, 1.807) is 0 Å². The number of aliphatic hydroxyl groups excluding tert-OH is 1. The van der Waals surface area contributed by atoms with Crippen LogP contribution in [-0.2, 0) is 0 Å². The Morgan fingerprint density at radius 3 is 2.83 bits per heavy atom. The number of nitrogens with zero attached hydrogens (tertiary/aromatic N) is 3. The Kier molecular flexibility index (Phi) is 2.83. The fraction of sp³-hybridized carbons (Fsp3) is 0.667. The van der Waals surface area contributed by atoms with Crippen LogP contribution in [0.1, 0.15) is 18.5 Å². The standard InChI is InChI=1S/C12H17ClN4O/c1-6-10(14)11(16-12(13)15-6)17-4-7-2-3-9(18)8(7)5-17/h7-9,18H,2-5,14H2,1H3. The van der Waals surface area contributed by atoms with Crippen molar-refractivity contribution in [3.63, 3.8) is 0 Å². The topological polar surface area (TPSA) is 75.3 Å². The molecule has 1 aliphatic carbocycles. The second kappa shape index (κ2) is 4.24. The number of aromatic nitrogens is 2. The summed E-state index contributed by atoms with van der Waals surface area (Å²) in [6.45, 7) is 3.54. The lowest BCUT2D eigenvalue weighted by atomic mass is 10.00.